The summed E-state index contributed by atoms with van der Waals surface area (Å²) in [6, 6.07) is 20.6. The first-order chi connectivity index (χ1) is 17.2. The van der Waals surface area contributed by atoms with E-state index in [1.165, 1.54) is 11.9 Å². The third kappa shape index (κ3) is 5.85. The van der Waals surface area contributed by atoms with Gasteiger partial charge in [0, 0.05) is 48.8 Å². The second kappa shape index (κ2) is 11.2. The lowest BCUT2D eigenvalue weighted by Crippen LogP contribution is -2.21. The van der Waals surface area contributed by atoms with Crippen LogP contribution in [-0.2, 0) is 30.4 Å². The summed E-state index contributed by atoms with van der Waals surface area (Å²) in [7, 11) is 0. The lowest BCUT2D eigenvalue weighted by molar-refractivity contribution is 0.0666. The third-order valence-electron chi connectivity index (χ3n) is 6.42. The van der Waals surface area contributed by atoms with Crippen molar-refractivity contribution in [1.82, 2.24) is 19.4 Å². The van der Waals surface area contributed by atoms with Gasteiger partial charge in [0.15, 0.2) is 5.82 Å². The lowest BCUT2D eigenvalue weighted by atomic mass is 10.1. The number of thioether (sulfide) groups is 1. The average Bonchev–Trinajstić information content (AvgIpc) is 3.41. The molecule has 4 aromatic rings. The molecule has 7 nitrogen and oxygen atoms in total. The van der Waals surface area contributed by atoms with Crippen LogP contribution >= 0.6 is 11.8 Å². The molecule has 1 fully saturated rings. The van der Waals surface area contributed by atoms with Crippen molar-refractivity contribution < 1.29 is 9.84 Å². The second-order valence-corrected chi connectivity index (χ2v) is 10.1. The predicted octanol–water partition coefficient (Wildman–Crippen LogP) is 3.91. The van der Waals surface area contributed by atoms with E-state index in [9.17, 15) is 5.11 Å². The van der Waals surface area contributed by atoms with Gasteiger partial charge in [-0.3, -0.25) is 4.90 Å². The van der Waals surface area contributed by atoms with E-state index < -0.39 is 0 Å². The summed E-state index contributed by atoms with van der Waals surface area (Å²) in [4.78, 5) is 11.0. The van der Waals surface area contributed by atoms with Crippen molar-refractivity contribution in [2.75, 3.05) is 24.6 Å². The Morgan fingerprint density at radius 2 is 1.74 bits per heavy atom. The average molecular weight is 490 g/mol. The molecule has 35 heavy (non-hydrogen) atoms. The molecule has 0 radical (unpaired) electrons. The van der Waals surface area contributed by atoms with E-state index in [0.29, 0.717) is 32.2 Å². The van der Waals surface area contributed by atoms with E-state index in [2.05, 4.69) is 45.3 Å². The summed E-state index contributed by atoms with van der Waals surface area (Å²) in [5, 5.41) is 10.7. The normalized spacial score (nSPS) is 18.4. The minimum Gasteiger partial charge on any atom is -0.391 e. The summed E-state index contributed by atoms with van der Waals surface area (Å²) in [5.74, 6) is 2.61. The van der Waals surface area contributed by atoms with Crippen molar-refractivity contribution in [3.8, 4) is 0 Å². The van der Waals surface area contributed by atoms with Crippen molar-refractivity contribution in [2.24, 2.45) is 5.92 Å². The number of aliphatic hydroxyl groups is 1. The van der Waals surface area contributed by atoms with Gasteiger partial charge in [0.1, 0.15) is 18.6 Å². The first-order valence-electron chi connectivity index (χ1n) is 11.9. The maximum absolute atomic E-state index is 10.7. The topological polar surface area (TPSA) is 89.4 Å². The Bertz CT molecular complexity index is 1230. The number of hydrogen-bond donors (Lipinski definition) is 2. The number of fused-ring (bicyclic) bond motifs is 1. The van der Waals surface area contributed by atoms with E-state index in [0.717, 1.165) is 40.2 Å². The number of nitrogens with two attached hydrogens (primary N) is 1. The van der Waals surface area contributed by atoms with Crippen LogP contribution in [0.3, 0.4) is 0 Å². The molecule has 1 saturated heterocycles. The van der Waals surface area contributed by atoms with Gasteiger partial charge in [0.25, 0.3) is 0 Å². The van der Waals surface area contributed by atoms with E-state index in [-0.39, 0.29) is 12.0 Å². The van der Waals surface area contributed by atoms with Gasteiger partial charge >= 0.3 is 0 Å². The fourth-order valence-electron chi connectivity index (χ4n) is 4.66. The van der Waals surface area contributed by atoms with Crippen LogP contribution in [0.4, 0.5) is 5.82 Å². The Morgan fingerprint density at radius 1 is 1.00 bits per heavy atom. The number of aromatic nitrogens is 3. The van der Waals surface area contributed by atoms with Gasteiger partial charge in [-0.2, -0.15) is 11.8 Å². The quantitative estimate of drug-likeness (QED) is 0.349. The Morgan fingerprint density at radius 3 is 2.51 bits per heavy atom. The maximum atomic E-state index is 10.7. The number of nitrogen functional groups attached to an aromatic ring is 1. The zero-order chi connectivity index (χ0) is 24.0. The fraction of sp³-hybridized carbons (Fsp3) is 0.333. The lowest BCUT2D eigenvalue weighted by Gasteiger charge is -2.15. The molecule has 2 aromatic heterocycles. The molecule has 1 unspecified atom stereocenters. The molecule has 0 amide bonds. The number of β-amino-alcohol motifs (C(OH)–C–C–N with tert-alkyl or cyclic N) is 1. The number of likely N-dealkylation sites (tertiary alicyclic amines) is 1. The van der Waals surface area contributed by atoms with Crippen LogP contribution in [0.5, 0.6) is 0 Å². The molecule has 0 aliphatic carbocycles. The highest BCUT2D eigenvalue weighted by Gasteiger charge is 2.31. The molecule has 2 atom stereocenters. The number of aliphatic hydroxyl groups excluding tert-OH is 1. The van der Waals surface area contributed by atoms with Crippen molar-refractivity contribution >= 4 is 28.6 Å². The number of ether oxygens (including phenoxy) is 1. The van der Waals surface area contributed by atoms with E-state index >= 15 is 0 Å². The minimum absolute atomic E-state index is 0.256. The highest BCUT2D eigenvalue weighted by atomic mass is 32.2. The van der Waals surface area contributed by atoms with E-state index in [1.54, 1.807) is 0 Å². The molecule has 2 aromatic carbocycles. The van der Waals surface area contributed by atoms with Gasteiger partial charge in [-0.15, -0.1) is 0 Å². The number of nitrogens with zero attached hydrogens (tertiary/aromatic N) is 4. The number of hydrogen-bond acceptors (Lipinski definition) is 7. The van der Waals surface area contributed by atoms with Crippen LogP contribution in [-0.4, -0.2) is 49.5 Å². The molecule has 0 saturated carbocycles. The van der Waals surface area contributed by atoms with Crippen molar-refractivity contribution in [3.63, 3.8) is 0 Å². The van der Waals surface area contributed by atoms with Crippen molar-refractivity contribution in [3.05, 3.63) is 89.9 Å². The molecular weight excluding hydrogens is 458 g/mol. The van der Waals surface area contributed by atoms with Gasteiger partial charge in [-0.1, -0.05) is 60.7 Å². The summed E-state index contributed by atoms with van der Waals surface area (Å²) < 4.78 is 7.95. The standard InChI is InChI=1S/C27H31N5O2S/c28-27-26-25(29-18-30-27)22(13-32(26)19-34-15-20-7-3-1-4-8-20)11-31-12-23(24(33)14-31)17-35-16-21-9-5-2-6-10-21/h1-10,13,18,23-24,33H,11-12,14-17,19H2,(H2,28,29,30)/t23-,24?/m1/s1. The van der Waals surface area contributed by atoms with Crippen LogP contribution in [0.2, 0.25) is 0 Å². The molecule has 8 heteroatoms. The summed E-state index contributed by atoms with van der Waals surface area (Å²) in [5.41, 5.74) is 11.4. The Hall–Kier alpha value is -2.91. The molecule has 182 valence electrons. The largest absolute Gasteiger partial charge is 0.391 e. The first-order valence-corrected chi connectivity index (χ1v) is 13.0. The van der Waals surface area contributed by atoms with Crippen LogP contribution in [0, 0.1) is 5.92 Å². The molecular formula is C27H31N5O2S. The summed E-state index contributed by atoms with van der Waals surface area (Å²) in [6.45, 7) is 3.11. The molecule has 0 spiro atoms. The van der Waals surface area contributed by atoms with Crippen LogP contribution in [0.1, 0.15) is 16.7 Å². The Balaban J connectivity index is 1.22. The molecule has 3 N–H and O–H groups in total. The van der Waals surface area contributed by atoms with Gasteiger partial charge in [-0.05, 0) is 11.1 Å². The number of anilines is 1. The van der Waals surface area contributed by atoms with Crippen molar-refractivity contribution in [2.45, 2.75) is 31.7 Å². The molecule has 0 bridgehead atoms. The smallest absolute Gasteiger partial charge is 0.151 e. The van der Waals surface area contributed by atoms with Crippen LogP contribution in [0.15, 0.2) is 73.2 Å². The van der Waals surface area contributed by atoms with E-state index in [1.807, 2.05) is 52.7 Å². The van der Waals surface area contributed by atoms with E-state index in [4.69, 9.17) is 10.5 Å². The first kappa shape index (κ1) is 23.8. The third-order valence-corrected chi connectivity index (χ3v) is 7.62. The van der Waals surface area contributed by atoms with Gasteiger partial charge in [0.2, 0.25) is 0 Å². The molecule has 1 aliphatic heterocycles. The van der Waals surface area contributed by atoms with Crippen molar-refractivity contribution in [1.29, 1.82) is 0 Å². The zero-order valence-corrected chi connectivity index (χ0v) is 20.5. The number of benzene rings is 2. The SMILES string of the molecule is Nc1ncnc2c(CN3CC(O)[C@@H](CSCc4ccccc4)C3)cn(COCc3ccccc3)c12. The zero-order valence-electron chi connectivity index (χ0n) is 19.7. The highest BCUT2D eigenvalue weighted by molar-refractivity contribution is 7.98. The van der Waals surface area contributed by atoms with Crippen LogP contribution < -0.4 is 5.73 Å². The highest BCUT2D eigenvalue weighted by Crippen LogP contribution is 2.28. The maximum Gasteiger partial charge on any atom is 0.151 e. The van der Waals surface area contributed by atoms with Gasteiger partial charge in [-0.25, -0.2) is 9.97 Å². The molecule has 5 rings (SSSR count). The molecule has 1 aliphatic rings. The Labute approximate surface area is 209 Å². The summed E-state index contributed by atoms with van der Waals surface area (Å²) >= 11 is 1.89. The monoisotopic (exact) mass is 489 g/mol. The predicted molar refractivity (Wildman–Crippen MR) is 141 cm³/mol. The molecule has 3 heterocycles. The fourth-order valence-corrected chi connectivity index (χ4v) is 5.83. The summed E-state index contributed by atoms with van der Waals surface area (Å²) in [6.07, 6.45) is 3.25. The van der Waals surface area contributed by atoms with Gasteiger partial charge in [0.05, 0.1) is 18.2 Å². The second-order valence-electron chi connectivity index (χ2n) is 9.07. The van der Waals surface area contributed by atoms with Gasteiger partial charge < -0.3 is 20.1 Å². The minimum atomic E-state index is -0.319. The number of rotatable bonds is 10. The van der Waals surface area contributed by atoms with Crippen LogP contribution in [0.25, 0.3) is 11.0 Å². The Kier molecular flexibility index (Phi) is 7.63.